The lowest BCUT2D eigenvalue weighted by Crippen LogP contribution is -2.17. The van der Waals surface area contributed by atoms with E-state index in [1.54, 1.807) is 42.5 Å². The first-order valence-electron chi connectivity index (χ1n) is 9.11. The number of rotatable bonds is 6. The van der Waals surface area contributed by atoms with Crippen molar-refractivity contribution in [3.8, 4) is 11.4 Å². The van der Waals surface area contributed by atoms with E-state index in [2.05, 4.69) is 10.5 Å². The SMILES string of the molecule is O=C(N/N=C/c1ccc(OC(=O)c2ccco2)cc1)c1ccc(-n2cccc2)cc1. The number of esters is 1. The summed E-state index contributed by atoms with van der Waals surface area (Å²) in [5.74, 6) is -0.379. The summed E-state index contributed by atoms with van der Waals surface area (Å²) in [5, 5.41) is 3.97. The maximum atomic E-state index is 12.2. The van der Waals surface area contributed by atoms with Gasteiger partial charge in [0.1, 0.15) is 5.75 Å². The van der Waals surface area contributed by atoms with Crippen molar-refractivity contribution in [2.45, 2.75) is 0 Å². The van der Waals surface area contributed by atoms with Crippen LogP contribution in [0.3, 0.4) is 0 Å². The largest absolute Gasteiger partial charge is 0.457 e. The first-order valence-corrected chi connectivity index (χ1v) is 9.11. The van der Waals surface area contributed by atoms with Crippen LogP contribution in [0.4, 0.5) is 0 Å². The van der Waals surface area contributed by atoms with E-state index in [4.69, 9.17) is 9.15 Å². The van der Waals surface area contributed by atoms with Crippen LogP contribution >= 0.6 is 0 Å². The van der Waals surface area contributed by atoms with Crippen LogP contribution in [0.25, 0.3) is 5.69 Å². The Morgan fingerprint density at radius 3 is 2.33 bits per heavy atom. The molecule has 0 unspecified atom stereocenters. The zero-order valence-electron chi connectivity index (χ0n) is 15.8. The maximum absolute atomic E-state index is 12.2. The van der Waals surface area contributed by atoms with Gasteiger partial charge in [-0.2, -0.15) is 5.10 Å². The fourth-order valence-electron chi connectivity index (χ4n) is 2.70. The van der Waals surface area contributed by atoms with E-state index in [1.807, 2.05) is 41.2 Å². The van der Waals surface area contributed by atoms with Crippen molar-refractivity contribution in [1.29, 1.82) is 0 Å². The first-order chi connectivity index (χ1) is 14.7. The molecule has 0 spiro atoms. The molecule has 0 radical (unpaired) electrons. The maximum Gasteiger partial charge on any atom is 0.379 e. The number of hydrogen-bond acceptors (Lipinski definition) is 5. The van der Waals surface area contributed by atoms with Gasteiger partial charge in [-0.25, -0.2) is 10.2 Å². The molecule has 4 rings (SSSR count). The quantitative estimate of drug-likeness (QED) is 0.229. The average molecular weight is 399 g/mol. The smallest absolute Gasteiger partial charge is 0.379 e. The third-order valence-corrected chi connectivity index (χ3v) is 4.22. The number of nitrogens with one attached hydrogen (secondary N) is 1. The lowest BCUT2D eigenvalue weighted by molar-refractivity contribution is 0.0701. The van der Waals surface area contributed by atoms with Crippen LogP contribution in [-0.4, -0.2) is 22.7 Å². The van der Waals surface area contributed by atoms with Crippen LogP contribution in [0.15, 0.2) is 101 Å². The number of carbonyl (C=O) groups is 2. The van der Waals surface area contributed by atoms with Crippen molar-refractivity contribution in [3.05, 3.63) is 108 Å². The van der Waals surface area contributed by atoms with E-state index >= 15 is 0 Å². The Bertz CT molecular complexity index is 1140. The van der Waals surface area contributed by atoms with Gasteiger partial charge in [0.15, 0.2) is 0 Å². The number of nitrogens with zero attached hydrogens (tertiary/aromatic N) is 2. The van der Waals surface area contributed by atoms with Gasteiger partial charge in [-0.05, 0) is 78.4 Å². The number of carbonyl (C=O) groups excluding carboxylic acids is 2. The van der Waals surface area contributed by atoms with Gasteiger partial charge in [0.25, 0.3) is 5.91 Å². The van der Waals surface area contributed by atoms with Gasteiger partial charge in [-0.15, -0.1) is 0 Å². The van der Waals surface area contributed by atoms with E-state index in [9.17, 15) is 9.59 Å². The molecule has 0 saturated carbocycles. The second-order valence-corrected chi connectivity index (χ2v) is 6.27. The number of amides is 1. The van der Waals surface area contributed by atoms with Crippen molar-refractivity contribution < 1.29 is 18.7 Å². The number of ether oxygens (including phenoxy) is 1. The summed E-state index contributed by atoms with van der Waals surface area (Å²) < 4.78 is 12.1. The van der Waals surface area contributed by atoms with Gasteiger partial charge in [-0.3, -0.25) is 4.79 Å². The number of furan rings is 1. The molecule has 0 aliphatic heterocycles. The van der Waals surface area contributed by atoms with Crippen LogP contribution < -0.4 is 10.2 Å². The Labute approximate surface area is 172 Å². The molecule has 148 valence electrons. The minimum absolute atomic E-state index is 0.129. The lowest BCUT2D eigenvalue weighted by atomic mass is 10.2. The molecule has 2 heterocycles. The van der Waals surface area contributed by atoms with Gasteiger partial charge in [0.05, 0.1) is 12.5 Å². The van der Waals surface area contributed by atoms with Crippen molar-refractivity contribution >= 4 is 18.1 Å². The molecule has 0 bridgehead atoms. The first kappa shape index (κ1) is 18.9. The summed E-state index contributed by atoms with van der Waals surface area (Å²) in [6.07, 6.45) is 6.77. The van der Waals surface area contributed by atoms with E-state index in [0.717, 1.165) is 11.3 Å². The second kappa shape index (κ2) is 8.74. The predicted octanol–water partition coefficient (Wildman–Crippen LogP) is 4.05. The third kappa shape index (κ3) is 4.53. The van der Waals surface area contributed by atoms with Crippen LogP contribution in [0, 0.1) is 0 Å². The molecule has 1 N–H and O–H groups in total. The molecular weight excluding hydrogens is 382 g/mol. The van der Waals surface area contributed by atoms with E-state index in [1.165, 1.54) is 18.5 Å². The van der Waals surface area contributed by atoms with E-state index < -0.39 is 5.97 Å². The summed E-state index contributed by atoms with van der Waals surface area (Å²) in [6, 6.07) is 20.9. The highest BCUT2D eigenvalue weighted by Gasteiger charge is 2.11. The van der Waals surface area contributed by atoms with Gasteiger partial charge < -0.3 is 13.7 Å². The standard InChI is InChI=1S/C23H17N3O4/c27-22(18-7-9-19(10-8-18)26-13-1-2-14-26)25-24-16-17-5-11-20(12-6-17)30-23(28)21-4-3-15-29-21/h1-16H,(H,25,27)/b24-16+. The van der Waals surface area contributed by atoms with Crippen molar-refractivity contribution in [3.63, 3.8) is 0 Å². The molecule has 2 aromatic carbocycles. The summed E-state index contributed by atoms with van der Waals surface area (Å²) in [5.41, 5.74) is 4.69. The van der Waals surface area contributed by atoms with Gasteiger partial charge in [0, 0.05) is 23.6 Å². The Morgan fingerprint density at radius 1 is 0.933 bits per heavy atom. The zero-order chi connectivity index (χ0) is 20.8. The number of hydrogen-bond donors (Lipinski definition) is 1. The number of benzene rings is 2. The fraction of sp³-hybridized carbons (Fsp3) is 0. The van der Waals surface area contributed by atoms with Crippen LogP contribution in [0.5, 0.6) is 5.75 Å². The number of aromatic nitrogens is 1. The molecule has 2 aromatic heterocycles. The van der Waals surface area contributed by atoms with Crippen LogP contribution in [0.2, 0.25) is 0 Å². The highest BCUT2D eigenvalue weighted by molar-refractivity contribution is 5.95. The summed E-state index contributed by atoms with van der Waals surface area (Å²) in [6.45, 7) is 0. The topological polar surface area (TPSA) is 85.8 Å². The minimum Gasteiger partial charge on any atom is -0.457 e. The van der Waals surface area contributed by atoms with Gasteiger partial charge >= 0.3 is 5.97 Å². The van der Waals surface area contributed by atoms with Gasteiger partial charge in [-0.1, -0.05) is 0 Å². The zero-order valence-corrected chi connectivity index (χ0v) is 15.8. The molecular formula is C23H17N3O4. The highest BCUT2D eigenvalue weighted by atomic mass is 16.5. The summed E-state index contributed by atoms with van der Waals surface area (Å²) in [7, 11) is 0. The van der Waals surface area contributed by atoms with Crippen molar-refractivity contribution in [2.24, 2.45) is 5.10 Å². The Balaban J connectivity index is 1.31. The molecule has 0 saturated heterocycles. The summed E-state index contributed by atoms with van der Waals surface area (Å²) in [4.78, 5) is 24.1. The Hall–Kier alpha value is -4.39. The minimum atomic E-state index is -0.573. The Kier molecular flexibility index (Phi) is 5.52. The van der Waals surface area contributed by atoms with Crippen LogP contribution in [0.1, 0.15) is 26.5 Å². The van der Waals surface area contributed by atoms with E-state index in [0.29, 0.717) is 11.3 Å². The molecule has 7 nitrogen and oxygen atoms in total. The number of hydrazone groups is 1. The molecule has 7 heteroatoms. The molecule has 0 aliphatic rings. The van der Waals surface area contributed by atoms with Crippen molar-refractivity contribution in [1.82, 2.24) is 9.99 Å². The molecule has 0 fully saturated rings. The normalized spacial score (nSPS) is 10.8. The lowest BCUT2D eigenvalue weighted by Gasteiger charge is -2.04. The van der Waals surface area contributed by atoms with Crippen molar-refractivity contribution in [2.75, 3.05) is 0 Å². The van der Waals surface area contributed by atoms with Gasteiger partial charge in [0.2, 0.25) is 5.76 Å². The highest BCUT2D eigenvalue weighted by Crippen LogP contribution is 2.14. The summed E-state index contributed by atoms with van der Waals surface area (Å²) >= 11 is 0. The van der Waals surface area contributed by atoms with E-state index in [-0.39, 0.29) is 11.7 Å². The predicted molar refractivity (Wildman–Crippen MR) is 111 cm³/mol. The fourth-order valence-corrected chi connectivity index (χ4v) is 2.70. The second-order valence-electron chi connectivity index (χ2n) is 6.27. The molecule has 4 aromatic rings. The molecule has 0 atom stereocenters. The average Bonchev–Trinajstić information content (AvgIpc) is 3.49. The molecule has 30 heavy (non-hydrogen) atoms. The molecule has 0 aliphatic carbocycles. The Morgan fingerprint density at radius 2 is 1.67 bits per heavy atom. The molecule has 1 amide bonds. The third-order valence-electron chi connectivity index (χ3n) is 4.22. The van der Waals surface area contributed by atoms with Crippen LogP contribution in [-0.2, 0) is 0 Å². The monoisotopic (exact) mass is 399 g/mol.